The minimum Gasteiger partial charge on any atom is -0.296 e. The second-order valence-electron chi connectivity index (χ2n) is 6.25. The fourth-order valence-electron chi connectivity index (χ4n) is 3.30. The normalized spacial score (nSPS) is 11.4. The Morgan fingerprint density at radius 3 is 2.58 bits per heavy atom. The molecule has 0 atom stereocenters. The lowest BCUT2D eigenvalue weighted by molar-refractivity contribution is 0.850. The number of aromatic amines is 1. The van der Waals surface area contributed by atoms with Gasteiger partial charge in [-0.05, 0) is 17.7 Å². The topological polar surface area (TPSA) is 68.0 Å². The van der Waals surface area contributed by atoms with Gasteiger partial charge in [0.15, 0.2) is 0 Å². The minimum atomic E-state index is -0.0363. The van der Waals surface area contributed by atoms with Crippen LogP contribution in [-0.4, -0.2) is 24.4 Å². The Kier molecular flexibility index (Phi) is 3.05. The molecule has 5 rings (SSSR count). The predicted octanol–water partition coefficient (Wildman–Crippen LogP) is 3.24. The molecular weight excluding hydrogens is 326 g/mol. The second kappa shape index (κ2) is 5.42. The fourth-order valence-corrected chi connectivity index (χ4v) is 3.30. The largest absolute Gasteiger partial charge is 0.296 e. The first kappa shape index (κ1) is 14.7. The van der Waals surface area contributed by atoms with E-state index < -0.39 is 0 Å². The van der Waals surface area contributed by atoms with Gasteiger partial charge in [-0.3, -0.25) is 14.5 Å². The molecule has 26 heavy (non-hydrogen) atoms. The third-order valence-electron chi connectivity index (χ3n) is 4.70. The molecule has 0 fully saturated rings. The van der Waals surface area contributed by atoms with Crippen LogP contribution in [-0.2, 0) is 7.05 Å². The molecule has 0 saturated heterocycles. The number of fused-ring (bicyclic) bond motifs is 3. The molecule has 126 valence electrons. The highest BCUT2D eigenvalue weighted by molar-refractivity contribution is 5.86. The number of benzene rings is 2. The zero-order valence-electron chi connectivity index (χ0n) is 14.0. The van der Waals surface area contributed by atoms with Gasteiger partial charge in [0.1, 0.15) is 5.65 Å². The molecule has 0 aliphatic carbocycles. The van der Waals surface area contributed by atoms with Crippen LogP contribution in [0.15, 0.2) is 71.8 Å². The summed E-state index contributed by atoms with van der Waals surface area (Å²) in [6.45, 7) is 0. The van der Waals surface area contributed by atoms with Crippen molar-refractivity contribution in [1.29, 1.82) is 0 Å². The molecule has 0 spiro atoms. The molecule has 0 aliphatic heterocycles. The van der Waals surface area contributed by atoms with Gasteiger partial charge in [-0.1, -0.05) is 36.4 Å². The van der Waals surface area contributed by atoms with Crippen molar-refractivity contribution >= 4 is 16.6 Å². The lowest BCUT2D eigenvalue weighted by Crippen LogP contribution is -2.19. The van der Waals surface area contributed by atoms with Crippen molar-refractivity contribution in [3.63, 3.8) is 0 Å². The first-order chi connectivity index (χ1) is 12.7. The van der Waals surface area contributed by atoms with Gasteiger partial charge in [0.05, 0.1) is 22.8 Å². The van der Waals surface area contributed by atoms with Crippen LogP contribution in [0.4, 0.5) is 0 Å². The third kappa shape index (κ3) is 2.09. The van der Waals surface area contributed by atoms with Gasteiger partial charge in [0, 0.05) is 30.4 Å². The second-order valence-corrected chi connectivity index (χ2v) is 6.25. The van der Waals surface area contributed by atoms with Crippen molar-refractivity contribution in [2.45, 2.75) is 0 Å². The van der Waals surface area contributed by atoms with Crippen molar-refractivity contribution in [3.05, 3.63) is 77.3 Å². The molecule has 5 aromatic rings. The molecule has 0 saturated carbocycles. The molecule has 6 nitrogen and oxygen atoms in total. The lowest BCUT2D eigenvalue weighted by atomic mass is 10.1. The van der Waals surface area contributed by atoms with Crippen LogP contribution >= 0.6 is 0 Å². The van der Waals surface area contributed by atoms with Crippen LogP contribution in [0.25, 0.3) is 38.9 Å². The first-order valence-corrected chi connectivity index (χ1v) is 8.29. The Hall–Kier alpha value is -3.67. The molecule has 6 heteroatoms. The van der Waals surface area contributed by atoms with Gasteiger partial charge in [0.2, 0.25) is 0 Å². The van der Waals surface area contributed by atoms with Gasteiger partial charge >= 0.3 is 0 Å². The number of H-pyrrole nitrogens is 1. The third-order valence-corrected chi connectivity index (χ3v) is 4.70. The van der Waals surface area contributed by atoms with Crippen LogP contribution in [0.5, 0.6) is 0 Å². The number of aromatic nitrogens is 5. The van der Waals surface area contributed by atoms with Crippen molar-refractivity contribution in [2.24, 2.45) is 7.05 Å². The molecule has 0 aliphatic rings. The van der Waals surface area contributed by atoms with Crippen LogP contribution in [0.1, 0.15) is 0 Å². The molecule has 2 aromatic carbocycles. The van der Waals surface area contributed by atoms with Crippen LogP contribution < -0.4 is 5.56 Å². The van der Waals surface area contributed by atoms with E-state index in [0.29, 0.717) is 5.39 Å². The quantitative estimate of drug-likeness (QED) is 0.536. The molecule has 0 bridgehead atoms. The maximum atomic E-state index is 12.8. The zero-order valence-corrected chi connectivity index (χ0v) is 14.0. The molecular formula is C20H15N5O. The fraction of sp³-hybridized carbons (Fsp3) is 0.0500. The average Bonchev–Trinajstić information content (AvgIpc) is 3.36. The van der Waals surface area contributed by atoms with E-state index >= 15 is 0 Å². The molecule has 1 N–H and O–H groups in total. The predicted molar refractivity (Wildman–Crippen MR) is 101 cm³/mol. The molecule has 0 amide bonds. The summed E-state index contributed by atoms with van der Waals surface area (Å²) < 4.78 is 3.47. The molecule has 3 aromatic heterocycles. The number of hydrogen-bond donors (Lipinski definition) is 1. The van der Waals surface area contributed by atoms with E-state index in [0.717, 1.165) is 33.5 Å². The van der Waals surface area contributed by atoms with E-state index in [9.17, 15) is 4.79 Å². The molecule has 0 unspecified atom stereocenters. The molecule has 0 radical (unpaired) electrons. The highest BCUT2D eigenvalue weighted by atomic mass is 16.1. The van der Waals surface area contributed by atoms with E-state index in [1.54, 1.807) is 17.8 Å². The summed E-state index contributed by atoms with van der Waals surface area (Å²) in [5.41, 5.74) is 5.30. The van der Waals surface area contributed by atoms with E-state index in [4.69, 9.17) is 5.10 Å². The minimum absolute atomic E-state index is 0.0363. The van der Waals surface area contributed by atoms with E-state index in [-0.39, 0.29) is 5.56 Å². The number of rotatable bonds is 2. The van der Waals surface area contributed by atoms with Crippen LogP contribution in [0, 0.1) is 0 Å². The maximum Gasteiger partial charge on any atom is 0.261 e. The number of nitrogens with one attached hydrogen (secondary N) is 1. The summed E-state index contributed by atoms with van der Waals surface area (Å²) in [6.07, 6.45) is 3.59. The summed E-state index contributed by atoms with van der Waals surface area (Å²) in [4.78, 5) is 12.8. The van der Waals surface area contributed by atoms with Crippen molar-refractivity contribution in [3.8, 4) is 22.4 Å². The summed E-state index contributed by atoms with van der Waals surface area (Å²) in [6, 6.07) is 17.7. The van der Waals surface area contributed by atoms with Gasteiger partial charge in [-0.25, -0.2) is 4.52 Å². The Bertz CT molecular complexity index is 1300. The lowest BCUT2D eigenvalue weighted by Gasteiger charge is -2.07. The Labute approximate surface area is 148 Å². The average molecular weight is 341 g/mol. The standard InChI is InChI=1S/C20H15N5O/c1-24-19-10-17(13-5-3-2-4-6-13)23-25(19)18-9-14(15-11-21-22-12-15)7-8-16(18)20(24)26/h2-12H,1H3,(H,21,22). The SMILES string of the molecule is Cn1c(=O)c2ccc(-c3cn[nH]c3)cc2n2nc(-c3ccccc3)cc12. The van der Waals surface area contributed by atoms with Crippen LogP contribution in [0.3, 0.4) is 0 Å². The highest BCUT2D eigenvalue weighted by Gasteiger charge is 2.13. The maximum absolute atomic E-state index is 12.8. The van der Waals surface area contributed by atoms with Gasteiger partial charge in [-0.2, -0.15) is 10.2 Å². The Morgan fingerprint density at radius 1 is 0.962 bits per heavy atom. The van der Waals surface area contributed by atoms with Gasteiger partial charge in [-0.15, -0.1) is 0 Å². The van der Waals surface area contributed by atoms with Crippen molar-refractivity contribution < 1.29 is 0 Å². The summed E-state index contributed by atoms with van der Waals surface area (Å²) in [5, 5.41) is 12.2. The number of nitrogens with zero attached hydrogens (tertiary/aromatic N) is 4. The van der Waals surface area contributed by atoms with Crippen molar-refractivity contribution in [1.82, 2.24) is 24.4 Å². The van der Waals surface area contributed by atoms with Gasteiger partial charge in [0.25, 0.3) is 5.56 Å². The van der Waals surface area contributed by atoms with E-state index in [1.807, 2.05) is 65.3 Å². The number of hydrogen-bond acceptors (Lipinski definition) is 3. The van der Waals surface area contributed by atoms with Gasteiger partial charge < -0.3 is 0 Å². The number of aryl methyl sites for hydroxylation is 1. The highest BCUT2D eigenvalue weighted by Crippen LogP contribution is 2.25. The monoisotopic (exact) mass is 341 g/mol. The summed E-state index contributed by atoms with van der Waals surface area (Å²) in [5.74, 6) is 0. The Morgan fingerprint density at radius 2 is 1.81 bits per heavy atom. The molecule has 3 heterocycles. The van der Waals surface area contributed by atoms with Crippen LogP contribution in [0.2, 0.25) is 0 Å². The zero-order chi connectivity index (χ0) is 17.7. The summed E-state index contributed by atoms with van der Waals surface area (Å²) in [7, 11) is 1.78. The Balaban J connectivity index is 1.86. The smallest absolute Gasteiger partial charge is 0.261 e. The summed E-state index contributed by atoms with van der Waals surface area (Å²) >= 11 is 0. The van der Waals surface area contributed by atoms with E-state index in [1.165, 1.54) is 0 Å². The first-order valence-electron chi connectivity index (χ1n) is 8.29. The van der Waals surface area contributed by atoms with E-state index in [2.05, 4.69) is 10.2 Å². The van der Waals surface area contributed by atoms with Crippen molar-refractivity contribution in [2.75, 3.05) is 0 Å².